The van der Waals surface area contributed by atoms with Crippen molar-refractivity contribution in [3.63, 3.8) is 0 Å². The number of non-ortho nitro benzene ring substituents is 1. The van der Waals surface area contributed by atoms with Gasteiger partial charge in [-0.2, -0.15) is 0 Å². The molecular formula is C11H7N5O9S. The number of H-pyrrole nitrogens is 1. The number of nitro groups is 4. The second-order valence-electron chi connectivity index (χ2n) is 4.25. The van der Waals surface area contributed by atoms with E-state index in [0.29, 0.717) is 12.1 Å². The molecule has 0 amide bonds. The highest BCUT2D eigenvalue weighted by atomic mass is 32.1. The molecule has 0 radical (unpaired) electrons. The minimum absolute atomic E-state index is 0.0579. The fraction of sp³-hybridized carbons (Fsp3) is 0. The molecule has 136 valence electrons. The molecule has 0 aliphatic rings. The van der Waals surface area contributed by atoms with Crippen molar-refractivity contribution >= 4 is 35.0 Å². The first-order valence-electron chi connectivity index (χ1n) is 6.18. The molecule has 14 nitrogen and oxygen atoms in total. The number of phenols is 1. The zero-order valence-corrected chi connectivity index (χ0v) is 13.1. The van der Waals surface area contributed by atoms with Crippen molar-refractivity contribution in [2.75, 3.05) is 0 Å². The van der Waals surface area contributed by atoms with Gasteiger partial charge in [-0.05, 0) is 6.07 Å². The zero-order valence-electron chi connectivity index (χ0n) is 12.3. The summed E-state index contributed by atoms with van der Waals surface area (Å²) >= 11 is 4.63. The molecule has 0 spiro atoms. The second kappa shape index (κ2) is 8.20. The molecule has 1 aromatic carbocycles. The summed E-state index contributed by atoms with van der Waals surface area (Å²) in [7, 11) is 0. The van der Waals surface area contributed by atoms with Crippen molar-refractivity contribution in [1.82, 2.24) is 4.98 Å². The largest absolute Gasteiger partial charge is 0.497 e. The summed E-state index contributed by atoms with van der Waals surface area (Å²) in [5, 5.41) is 50.4. The maximum atomic E-state index is 10.4. The number of aromatic amines is 1. The van der Waals surface area contributed by atoms with Crippen LogP contribution in [0.4, 0.5) is 22.7 Å². The number of pyridine rings is 1. The van der Waals surface area contributed by atoms with Crippen molar-refractivity contribution in [2.45, 2.75) is 0 Å². The number of hydrogen-bond donors (Lipinski definition) is 2. The van der Waals surface area contributed by atoms with Crippen LogP contribution in [-0.4, -0.2) is 29.8 Å². The summed E-state index contributed by atoms with van der Waals surface area (Å²) in [6, 6.07) is 3.79. The Hall–Kier alpha value is -4.01. The first-order valence-corrected chi connectivity index (χ1v) is 6.59. The zero-order chi connectivity index (χ0) is 20.0. The van der Waals surface area contributed by atoms with E-state index in [0.717, 1.165) is 0 Å². The third-order valence-corrected chi connectivity index (χ3v) is 2.98. The summed E-state index contributed by atoms with van der Waals surface area (Å²) in [4.78, 5) is 39.9. The lowest BCUT2D eigenvalue weighted by Crippen LogP contribution is -1.97. The Morgan fingerprint density at radius 2 is 1.31 bits per heavy atom. The summed E-state index contributed by atoms with van der Waals surface area (Å²) in [5.41, 5.74) is -3.06. The van der Waals surface area contributed by atoms with Gasteiger partial charge in [-0.1, -0.05) is 12.2 Å². The molecule has 1 aromatic heterocycles. The Bertz CT molecular complexity index is 922. The highest BCUT2D eigenvalue weighted by Crippen LogP contribution is 2.38. The lowest BCUT2D eigenvalue weighted by molar-refractivity contribution is -0.404. The first-order chi connectivity index (χ1) is 12.1. The average Bonchev–Trinajstić information content (AvgIpc) is 2.55. The van der Waals surface area contributed by atoms with E-state index in [1.165, 1.54) is 12.1 Å². The van der Waals surface area contributed by atoms with E-state index in [-0.39, 0.29) is 10.3 Å². The van der Waals surface area contributed by atoms with Crippen LogP contribution in [-0.2, 0) is 0 Å². The average molecular weight is 385 g/mol. The summed E-state index contributed by atoms with van der Waals surface area (Å²) in [6.45, 7) is 0. The van der Waals surface area contributed by atoms with Crippen LogP contribution in [0, 0.1) is 45.1 Å². The third kappa shape index (κ3) is 4.74. The van der Waals surface area contributed by atoms with Gasteiger partial charge < -0.3 is 10.1 Å². The van der Waals surface area contributed by atoms with Gasteiger partial charge in [0.2, 0.25) is 0 Å². The van der Waals surface area contributed by atoms with E-state index in [1.54, 1.807) is 6.20 Å². The van der Waals surface area contributed by atoms with Gasteiger partial charge in [-0.25, -0.2) is 0 Å². The maximum Gasteiger partial charge on any atom is 0.324 e. The first kappa shape index (κ1) is 20.0. The van der Waals surface area contributed by atoms with Crippen LogP contribution in [0.15, 0.2) is 30.5 Å². The van der Waals surface area contributed by atoms with Gasteiger partial charge >= 0.3 is 17.1 Å². The quantitative estimate of drug-likeness (QED) is 0.446. The Morgan fingerprint density at radius 1 is 0.846 bits per heavy atom. The molecule has 0 unspecified atom stereocenters. The highest BCUT2D eigenvalue weighted by molar-refractivity contribution is 7.71. The SMILES string of the molecule is O=[N+]([O-])c1cc([N+](=O)[O-])c(O)c([N+](=O)[O-])c1.O=[N+]([O-])c1ccc[nH]c1=S. The molecule has 2 aromatic rings. The molecule has 0 aliphatic heterocycles. The molecule has 15 heteroatoms. The molecule has 0 bridgehead atoms. The Labute approximate surface area is 146 Å². The highest BCUT2D eigenvalue weighted by Gasteiger charge is 2.30. The molecule has 0 atom stereocenters. The van der Waals surface area contributed by atoms with Crippen LogP contribution in [0.1, 0.15) is 0 Å². The van der Waals surface area contributed by atoms with E-state index >= 15 is 0 Å². The predicted octanol–water partition coefficient (Wildman–Crippen LogP) is 2.77. The van der Waals surface area contributed by atoms with Crippen molar-refractivity contribution in [1.29, 1.82) is 0 Å². The van der Waals surface area contributed by atoms with E-state index in [1.807, 2.05) is 0 Å². The second-order valence-corrected chi connectivity index (χ2v) is 4.65. The van der Waals surface area contributed by atoms with Crippen molar-refractivity contribution in [3.8, 4) is 5.75 Å². The van der Waals surface area contributed by atoms with Crippen molar-refractivity contribution in [2.24, 2.45) is 0 Å². The van der Waals surface area contributed by atoms with Gasteiger partial charge in [0.05, 0.1) is 31.8 Å². The molecule has 0 saturated heterocycles. The lowest BCUT2D eigenvalue weighted by atomic mass is 10.2. The number of benzene rings is 1. The van der Waals surface area contributed by atoms with Crippen LogP contribution in [0.5, 0.6) is 5.75 Å². The number of aromatic hydroxyl groups is 1. The minimum atomic E-state index is -1.21. The lowest BCUT2D eigenvalue weighted by Gasteiger charge is -1.97. The molecule has 0 aliphatic carbocycles. The van der Waals surface area contributed by atoms with Gasteiger partial charge in [0.1, 0.15) is 0 Å². The predicted molar refractivity (Wildman–Crippen MR) is 86.4 cm³/mol. The Balaban J connectivity index is 0.000000289. The van der Waals surface area contributed by atoms with Crippen LogP contribution in [0.3, 0.4) is 0 Å². The number of nitrogens with zero attached hydrogens (tertiary/aromatic N) is 4. The smallest absolute Gasteiger partial charge is 0.324 e. The van der Waals surface area contributed by atoms with E-state index < -0.39 is 42.5 Å². The van der Waals surface area contributed by atoms with Gasteiger partial charge in [0, 0.05) is 12.3 Å². The number of nitro benzene ring substituents is 3. The fourth-order valence-electron chi connectivity index (χ4n) is 1.53. The number of hydrogen-bond acceptors (Lipinski definition) is 10. The minimum Gasteiger partial charge on any atom is -0.497 e. The number of aromatic nitrogens is 1. The molecule has 2 rings (SSSR count). The van der Waals surface area contributed by atoms with Gasteiger partial charge in [-0.3, -0.25) is 40.5 Å². The summed E-state index contributed by atoms with van der Waals surface area (Å²) < 4.78 is 0.160. The molecule has 26 heavy (non-hydrogen) atoms. The number of nitrogens with one attached hydrogen (secondary N) is 1. The molecule has 0 fully saturated rings. The van der Waals surface area contributed by atoms with Crippen LogP contribution >= 0.6 is 12.2 Å². The summed E-state index contributed by atoms with van der Waals surface area (Å²) in [5.74, 6) is -1.21. The van der Waals surface area contributed by atoms with Crippen LogP contribution in [0.2, 0.25) is 0 Å². The Kier molecular flexibility index (Phi) is 6.32. The summed E-state index contributed by atoms with van der Waals surface area (Å²) in [6.07, 6.45) is 1.55. The van der Waals surface area contributed by atoms with Crippen LogP contribution < -0.4 is 0 Å². The van der Waals surface area contributed by atoms with E-state index in [4.69, 9.17) is 5.11 Å². The monoisotopic (exact) mass is 385 g/mol. The Morgan fingerprint density at radius 3 is 1.62 bits per heavy atom. The van der Waals surface area contributed by atoms with Crippen molar-refractivity contribution in [3.05, 3.63) is 75.6 Å². The van der Waals surface area contributed by atoms with Gasteiger partial charge in [0.25, 0.3) is 11.4 Å². The van der Waals surface area contributed by atoms with E-state index in [2.05, 4.69) is 17.2 Å². The number of rotatable bonds is 4. The normalized spacial score (nSPS) is 9.54. The molecular weight excluding hydrogens is 378 g/mol. The molecule has 0 saturated carbocycles. The fourth-order valence-corrected chi connectivity index (χ4v) is 1.74. The topological polar surface area (TPSA) is 209 Å². The molecule has 1 heterocycles. The molecule has 2 N–H and O–H groups in total. The standard InChI is InChI=1S/C6H3N3O7.C5H4N2O2S/c10-6-4(8(13)14)1-3(7(11)12)2-5(6)9(15)16;8-7(9)4-2-1-3-6-5(4)10/h1-2,10H;1-3H,(H,6,10). The number of phenolic OH excluding ortho intramolecular Hbond substituents is 1. The van der Waals surface area contributed by atoms with Gasteiger partial charge in [-0.15, -0.1) is 0 Å². The maximum absolute atomic E-state index is 10.4. The van der Waals surface area contributed by atoms with Gasteiger partial charge in [0.15, 0.2) is 4.64 Å². The third-order valence-electron chi connectivity index (χ3n) is 2.65. The van der Waals surface area contributed by atoms with Crippen molar-refractivity contribution < 1.29 is 24.8 Å². The van der Waals surface area contributed by atoms with Crippen LogP contribution in [0.25, 0.3) is 0 Å². The van der Waals surface area contributed by atoms with E-state index in [9.17, 15) is 40.5 Å².